The molecular formula is C18H18N2O2. The zero-order valence-electron chi connectivity index (χ0n) is 12.6. The molecule has 112 valence electrons. The number of aromatic nitrogens is 1. The molecule has 0 spiro atoms. The van der Waals surface area contributed by atoms with Crippen molar-refractivity contribution >= 4 is 16.6 Å². The molecule has 1 aliphatic rings. The molecule has 0 radical (unpaired) electrons. The van der Waals surface area contributed by atoms with Gasteiger partial charge in [0.05, 0.1) is 20.3 Å². The van der Waals surface area contributed by atoms with Crippen LogP contribution in [0.2, 0.25) is 0 Å². The van der Waals surface area contributed by atoms with Gasteiger partial charge in [-0.1, -0.05) is 0 Å². The van der Waals surface area contributed by atoms with Crippen LogP contribution in [-0.4, -0.2) is 19.2 Å². The highest BCUT2D eigenvalue weighted by Crippen LogP contribution is 2.37. The Morgan fingerprint density at radius 1 is 0.955 bits per heavy atom. The first kappa shape index (κ1) is 13.1. The van der Waals surface area contributed by atoms with Gasteiger partial charge in [-0.25, -0.2) is 0 Å². The first-order chi connectivity index (χ1) is 10.8. The van der Waals surface area contributed by atoms with Gasteiger partial charge >= 0.3 is 0 Å². The van der Waals surface area contributed by atoms with Gasteiger partial charge in [-0.05, 0) is 48.0 Å². The SMILES string of the molecule is COc1ccc2c(c1)C[C@@H](c1cc3cc(OC)ccc3[nH]1)N2. The molecule has 4 rings (SSSR count). The van der Waals surface area contributed by atoms with Crippen molar-refractivity contribution in [3.05, 3.63) is 53.7 Å². The average Bonchev–Trinajstić information content (AvgIpc) is 3.16. The van der Waals surface area contributed by atoms with Crippen molar-refractivity contribution in [1.29, 1.82) is 0 Å². The standard InChI is InChI=1S/C18H18N2O2/c1-21-13-3-5-15-11(7-13)9-17(19-15)18-10-12-8-14(22-2)4-6-16(12)20-18/h3-9,18-20H,10H2,1-2H3/t18-/m0/s1. The van der Waals surface area contributed by atoms with E-state index in [1.165, 1.54) is 22.3 Å². The zero-order chi connectivity index (χ0) is 15.1. The maximum absolute atomic E-state index is 5.30. The van der Waals surface area contributed by atoms with E-state index in [1.807, 2.05) is 12.1 Å². The number of ether oxygens (including phenoxy) is 2. The predicted molar refractivity (Wildman–Crippen MR) is 87.9 cm³/mol. The Hall–Kier alpha value is -2.62. The van der Waals surface area contributed by atoms with Crippen LogP contribution in [0.1, 0.15) is 17.3 Å². The van der Waals surface area contributed by atoms with Crippen LogP contribution in [0.4, 0.5) is 5.69 Å². The maximum Gasteiger partial charge on any atom is 0.119 e. The molecule has 0 unspecified atom stereocenters. The van der Waals surface area contributed by atoms with Crippen LogP contribution in [0.5, 0.6) is 11.5 Å². The molecule has 0 amide bonds. The van der Waals surface area contributed by atoms with Crippen LogP contribution in [0, 0.1) is 0 Å². The van der Waals surface area contributed by atoms with Gasteiger partial charge < -0.3 is 19.8 Å². The largest absolute Gasteiger partial charge is 0.497 e. The summed E-state index contributed by atoms with van der Waals surface area (Å²) in [6.45, 7) is 0. The highest BCUT2D eigenvalue weighted by molar-refractivity contribution is 5.82. The molecule has 1 aromatic heterocycles. The van der Waals surface area contributed by atoms with Crippen molar-refractivity contribution in [3.63, 3.8) is 0 Å². The second kappa shape index (κ2) is 4.98. The summed E-state index contributed by atoms with van der Waals surface area (Å²) in [7, 11) is 3.39. The summed E-state index contributed by atoms with van der Waals surface area (Å²) in [6, 6.07) is 14.7. The van der Waals surface area contributed by atoms with E-state index < -0.39 is 0 Å². The Kier molecular flexibility index (Phi) is 2.96. The quantitative estimate of drug-likeness (QED) is 0.770. The van der Waals surface area contributed by atoms with Crippen LogP contribution in [0.15, 0.2) is 42.5 Å². The van der Waals surface area contributed by atoms with Gasteiger partial charge in [-0.3, -0.25) is 0 Å². The molecule has 2 aromatic carbocycles. The lowest BCUT2D eigenvalue weighted by Crippen LogP contribution is -2.05. The predicted octanol–water partition coefficient (Wildman–Crippen LogP) is 3.89. The van der Waals surface area contributed by atoms with Crippen molar-refractivity contribution in [1.82, 2.24) is 4.98 Å². The Labute approximate surface area is 129 Å². The lowest BCUT2D eigenvalue weighted by molar-refractivity contribution is 0.414. The number of rotatable bonds is 3. The Bertz CT molecular complexity index is 838. The summed E-state index contributed by atoms with van der Waals surface area (Å²) in [5, 5.41) is 4.74. The van der Waals surface area contributed by atoms with E-state index in [0.29, 0.717) is 0 Å². The molecule has 1 atom stereocenters. The number of fused-ring (bicyclic) bond motifs is 2. The maximum atomic E-state index is 5.30. The fraction of sp³-hybridized carbons (Fsp3) is 0.222. The van der Waals surface area contributed by atoms with Crippen molar-refractivity contribution < 1.29 is 9.47 Å². The van der Waals surface area contributed by atoms with Crippen LogP contribution in [0.3, 0.4) is 0 Å². The monoisotopic (exact) mass is 294 g/mol. The molecule has 0 bridgehead atoms. The topological polar surface area (TPSA) is 46.3 Å². The van der Waals surface area contributed by atoms with E-state index in [1.54, 1.807) is 14.2 Å². The number of nitrogens with one attached hydrogen (secondary N) is 2. The molecule has 22 heavy (non-hydrogen) atoms. The Morgan fingerprint density at radius 3 is 2.55 bits per heavy atom. The fourth-order valence-electron chi connectivity index (χ4n) is 3.10. The molecule has 0 saturated carbocycles. The zero-order valence-corrected chi connectivity index (χ0v) is 12.6. The second-order valence-electron chi connectivity index (χ2n) is 5.60. The summed E-state index contributed by atoms with van der Waals surface area (Å²) in [5.74, 6) is 1.79. The molecule has 1 aliphatic heterocycles. The van der Waals surface area contributed by atoms with Gasteiger partial charge in [-0.15, -0.1) is 0 Å². The van der Waals surface area contributed by atoms with Crippen molar-refractivity contribution in [3.8, 4) is 11.5 Å². The normalized spacial score (nSPS) is 16.4. The molecule has 0 aliphatic carbocycles. The van der Waals surface area contributed by atoms with Crippen LogP contribution < -0.4 is 14.8 Å². The van der Waals surface area contributed by atoms with Crippen LogP contribution in [-0.2, 0) is 6.42 Å². The first-order valence-electron chi connectivity index (χ1n) is 7.37. The lowest BCUT2D eigenvalue weighted by Gasteiger charge is -2.08. The third kappa shape index (κ3) is 2.08. The van der Waals surface area contributed by atoms with Crippen molar-refractivity contribution in [2.75, 3.05) is 19.5 Å². The van der Waals surface area contributed by atoms with Crippen LogP contribution >= 0.6 is 0 Å². The molecule has 3 aromatic rings. The molecule has 4 nitrogen and oxygen atoms in total. The molecule has 0 fully saturated rings. The van der Waals surface area contributed by atoms with Gasteiger partial charge in [0.15, 0.2) is 0 Å². The second-order valence-corrected chi connectivity index (χ2v) is 5.60. The first-order valence-corrected chi connectivity index (χ1v) is 7.37. The minimum absolute atomic E-state index is 0.264. The fourth-order valence-corrected chi connectivity index (χ4v) is 3.10. The lowest BCUT2D eigenvalue weighted by atomic mass is 10.1. The Balaban J connectivity index is 1.66. The number of anilines is 1. The molecule has 0 saturated heterocycles. The van der Waals surface area contributed by atoms with E-state index in [9.17, 15) is 0 Å². The summed E-state index contributed by atoms with van der Waals surface area (Å²) < 4.78 is 10.6. The van der Waals surface area contributed by atoms with Gasteiger partial charge in [0.25, 0.3) is 0 Å². The van der Waals surface area contributed by atoms with E-state index in [0.717, 1.165) is 23.4 Å². The van der Waals surface area contributed by atoms with Crippen molar-refractivity contribution in [2.24, 2.45) is 0 Å². The van der Waals surface area contributed by atoms with Gasteiger partial charge in [0, 0.05) is 28.7 Å². The number of aromatic amines is 1. The van der Waals surface area contributed by atoms with E-state index in [2.05, 4.69) is 40.6 Å². The molecular weight excluding hydrogens is 276 g/mol. The van der Waals surface area contributed by atoms with Gasteiger partial charge in [0.1, 0.15) is 11.5 Å². The van der Waals surface area contributed by atoms with Crippen LogP contribution in [0.25, 0.3) is 10.9 Å². The summed E-state index contributed by atoms with van der Waals surface area (Å²) >= 11 is 0. The minimum atomic E-state index is 0.264. The summed E-state index contributed by atoms with van der Waals surface area (Å²) in [4.78, 5) is 3.50. The average molecular weight is 294 g/mol. The molecule has 2 N–H and O–H groups in total. The third-order valence-electron chi connectivity index (χ3n) is 4.29. The van der Waals surface area contributed by atoms with E-state index in [4.69, 9.17) is 9.47 Å². The summed E-state index contributed by atoms with van der Waals surface area (Å²) in [6.07, 6.45) is 0.955. The third-order valence-corrected chi connectivity index (χ3v) is 4.29. The van der Waals surface area contributed by atoms with Gasteiger partial charge in [-0.2, -0.15) is 0 Å². The molecule has 4 heteroatoms. The van der Waals surface area contributed by atoms with E-state index in [-0.39, 0.29) is 6.04 Å². The highest BCUT2D eigenvalue weighted by atomic mass is 16.5. The minimum Gasteiger partial charge on any atom is -0.497 e. The number of hydrogen-bond acceptors (Lipinski definition) is 3. The van der Waals surface area contributed by atoms with Gasteiger partial charge in [0.2, 0.25) is 0 Å². The number of methoxy groups -OCH3 is 2. The smallest absolute Gasteiger partial charge is 0.119 e. The Morgan fingerprint density at radius 2 is 1.73 bits per heavy atom. The van der Waals surface area contributed by atoms with E-state index >= 15 is 0 Å². The van der Waals surface area contributed by atoms with Crippen molar-refractivity contribution in [2.45, 2.75) is 12.5 Å². The number of H-pyrrole nitrogens is 1. The number of benzene rings is 2. The highest BCUT2D eigenvalue weighted by Gasteiger charge is 2.23. The number of hydrogen-bond donors (Lipinski definition) is 2. The summed E-state index contributed by atoms with van der Waals surface area (Å²) in [5.41, 5.74) is 4.80. The molecule has 2 heterocycles.